The van der Waals surface area contributed by atoms with Crippen molar-refractivity contribution in [1.29, 1.82) is 0 Å². The Balaban J connectivity index is 2.08. The second-order valence-electron chi connectivity index (χ2n) is 4.39. The van der Waals surface area contributed by atoms with E-state index >= 15 is 0 Å². The molecule has 0 saturated heterocycles. The lowest BCUT2D eigenvalue weighted by atomic mass is 10.2. The van der Waals surface area contributed by atoms with Gasteiger partial charge in [0.15, 0.2) is 11.5 Å². The minimum atomic E-state index is 0.627. The molecule has 0 spiro atoms. The maximum atomic E-state index is 5.51. The predicted molar refractivity (Wildman–Crippen MR) is 83.1 cm³/mol. The van der Waals surface area contributed by atoms with Gasteiger partial charge in [0.25, 0.3) is 0 Å². The largest absolute Gasteiger partial charge is 0.493 e. The summed E-state index contributed by atoms with van der Waals surface area (Å²) in [5, 5.41) is 4.49. The van der Waals surface area contributed by atoms with Crippen molar-refractivity contribution < 1.29 is 9.47 Å². The van der Waals surface area contributed by atoms with Crippen molar-refractivity contribution in [3.8, 4) is 11.5 Å². The zero-order chi connectivity index (χ0) is 14.5. The van der Waals surface area contributed by atoms with Crippen molar-refractivity contribution >= 4 is 17.0 Å². The molecular formula is C15H20N2O2S. The molecule has 20 heavy (non-hydrogen) atoms. The molecule has 108 valence electrons. The van der Waals surface area contributed by atoms with Gasteiger partial charge in [0, 0.05) is 16.6 Å². The van der Waals surface area contributed by atoms with Crippen LogP contribution in [0.2, 0.25) is 0 Å². The zero-order valence-electron chi connectivity index (χ0n) is 12.3. The molecule has 1 aromatic heterocycles. The van der Waals surface area contributed by atoms with E-state index in [1.807, 2.05) is 39.0 Å². The minimum Gasteiger partial charge on any atom is -0.493 e. The highest BCUT2D eigenvalue weighted by atomic mass is 32.1. The molecule has 0 bridgehead atoms. The first kappa shape index (κ1) is 14.7. The van der Waals surface area contributed by atoms with Crippen LogP contribution >= 0.6 is 11.3 Å². The highest BCUT2D eigenvalue weighted by Gasteiger charge is 2.07. The molecule has 0 aliphatic rings. The Hall–Kier alpha value is -1.75. The SMILES string of the molecule is CCOc1ccc(NCc2sc(C)nc2C)cc1OC. The van der Waals surface area contributed by atoms with Gasteiger partial charge in [-0.3, -0.25) is 0 Å². The third kappa shape index (κ3) is 3.42. The van der Waals surface area contributed by atoms with E-state index in [1.54, 1.807) is 18.4 Å². The summed E-state index contributed by atoms with van der Waals surface area (Å²) in [5.41, 5.74) is 2.11. The summed E-state index contributed by atoms with van der Waals surface area (Å²) in [4.78, 5) is 5.69. The highest BCUT2D eigenvalue weighted by molar-refractivity contribution is 7.11. The van der Waals surface area contributed by atoms with Gasteiger partial charge < -0.3 is 14.8 Å². The Labute approximate surface area is 123 Å². The van der Waals surface area contributed by atoms with Crippen LogP contribution in [-0.2, 0) is 6.54 Å². The Morgan fingerprint density at radius 2 is 2.05 bits per heavy atom. The van der Waals surface area contributed by atoms with Gasteiger partial charge in [-0.25, -0.2) is 4.98 Å². The average molecular weight is 292 g/mol. The standard InChI is InChI=1S/C15H20N2O2S/c1-5-19-13-7-6-12(8-14(13)18-4)16-9-15-10(2)17-11(3)20-15/h6-8,16H,5,9H2,1-4H3. The number of nitrogens with zero attached hydrogens (tertiary/aromatic N) is 1. The average Bonchev–Trinajstić information content (AvgIpc) is 2.76. The highest BCUT2D eigenvalue weighted by Crippen LogP contribution is 2.30. The number of aryl methyl sites for hydroxylation is 2. The number of nitrogens with one attached hydrogen (secondary N) is 1. The van der Waals surface area contributed by atoms with E-state index in [9.17, 15) is 0 Å². The number of anilines is 1. The van der Waals surface area contributed by atoms with Gasteiger partial charge in [-0.15, -0.1) is 11.3 Å². The van der Waals surface area contributed by atoms with E-state index in [1.165, 1.54) is 4.88 Å². The summed E-state index contributed by atoms with van der Waals surface area (Å²) in [7, 11) is 1.65. The molecule has 4 nitrogen and oxygen atoms in total. The van der Waals surface area contributed by atoms with Crippen LogP contribution in [0.5, 0.6) is 11.5 Å². The van der Waals surface area contributed by atoms with Crippen molar-refractivity contribution in [2.45, 2.75) is 27.3 Å². The van der Waals surface area contributed by atoms with Crippen LogP contribution in [0.15, 0.2) is 18.2 Å². The molecule has 0 fully saturated rings. The maximum absolute atomic E-state index is 5.51. The van der Waals surface area contributed by atoms with Gasteiger partial charge >= 0.3 is 0 Å². The summed E-state index contributed by atoms with van der Waals surface area (Å²) < 4.78 is 10.9. The number of thiazole rings is 1. The first-order valence-corrected chi connectivity index (χ1v) is 7.43. The Bertz CT molecular complexity index is 581. The van der Waals surface area contributed by atoms with E-state index in [2.05, 4.69) is 10.3 Å². The van der Waals surface area contributed by atoms with E-state index < -0.39 is 0 Å². The Morgan fingerprint density at radius 3 is 2.65 bits per heavy atom. The van der Waals surface area contributed by atoms with Crippen LogP contribution in [0.1, 0.15) is 22.5 Å². The van der Waals surface area contributed by atoms with Gasteiger partial charge in [-0.2, -0.15) is 0 Å². The van der Waals surface area contributed by atoms with Gasteiger partial charge in [0.05, 0.1) is 31.0 Å². The number of ether oxygens (including phenoxy) is 2. The molecule has 1 aromatic carbocycles. The lowest BCUT2D eigenvalue weighted by Gasteiger charge is -2.12. The fourth-order valence-electron chi connectivity index (χ4n) is 1.97. The molecule has 0 aliphatic heterocycles. The van der Waals surface area contributed by atoms with Crippen molar-refractivity contribution in [3.63, 3.8) is 0 Å². The van der Waals surface area contributed by atoms with Gasteiger partial charge in [-0.1, -0.05) is 0 Å². The van der Waals surface area contributed by atoms with Crippen LogP contribution < -0.4 is 14.8 Å². The number of benzene rings is 1. The van der Waals surface area contributed by atoms with Crippen LogP contribution in [0, 0.1) is 13.8 Å². The first-order valence-electron chi connectivity index (χ1n) is 6.61. The smallest absolute Gasteiger partial charge is 0.162 e. The van der Waals surface area contributed by atoms with Crippen molar-refractivity contribution in [1.82, 2.24) is 4.98 Å². The maximum Gasteiger partial charge on any atom is 0.162 e. The molecule has 0 atom stereocenters. The van der Waals surface area contributed by atoms with Crippen molar-refractivity contribution in [3.05, 3.63) is 33.8 Å². The number of hydrogen-bond acceptors (Lipinski definition) is 5. The molecule has 5 heteroatoms. The van der Waals surface area contributed by atoms with Crippen molar-refractivity contribution in [2.75, 3.05) is 19.0 Å². The fraction of sp³-hybridized carbons (Fsp3) is 0.400. The van der Waals surface area contributed by atoms with E-state index in [0.717, 1.165) is 34.4 Å². The number of methoxy groups -OCH3 is 1. The van der Waals surface area contributed by atoms with Crippen LogP contribution in [0.25, 0.3) is 0 Å². The molecule has 0 radical (unpaired) electrons. The van der Waals surface area contributed by atoms with E-state index in [-0.39, 0.29) is 0 Å². The quantitative estimate of drug-likeness (QED) is 0.880. The number of hydrogen-bond donors (Lipinski definition) is 1. The van der Waals surface area contributed by atoms with Gasteiger partial charge in [-0.05, 0) is 32.9 Å². The molecule has 0 saturated carbocycles. The topological polar surface area (TPSA) is 43.4 Å². The molecular weight excluding hydrogens is 272 g/mol. The Kier molecular flexibility index (Phi) is 4.84. The second kappa shape index (κ2) is 6.61. The van der Waals surface area contributed by atoms with Crippen LogP contribution in [0.3, 0.4) is 0 Å². The monoisotopic (exact) mass is 292 g/mol. The molecule has 1 N–H and O–H groups in total. The zero-order valence-corrected chi connectivity index (χ0v) is 13.1. The summed E-state index contributed by atoms with van der Waals surface area (Å²) >= 11 is 1.73. The number of aromatic nitrogens is 1. The molecule has 0 aliphatic carbocycles. The van der Waals surface area contributed by atoms with Crippen molar-refractivity contribution in [2.24, 2.45) is 0 Å². The molecule has 0 amide bonds. The lowest BCUT2D eigenvalue weighted by Crippen LogP contribution is -2.01. The molecule has 0 unspecified atom stereocenters. The Morgan fingerprint density at radius 1 is 1.25 bits per heavy atom. The summed E-state index contributed by atoms with van der Waals surface area (Å²) in [6, 6.07) is 5.88. The summed E-state index contributed by atoms with van der Waals surface area (Å²) in [6.07, 6.45) is 0. The van der Waals surface area contributed by atoms with Gasteiger partial charge in [0.1, 0.15) is 0 Å². The van der Waals surface area contributed by atoms with E-state index in [4.69, 9.17) is 9.47 Å². The normalized spacial score (nSPS) is 10.4. The third-order valence-electron chi connectivity index (χ3n) is 2.92. The summed E-state index contributed by atoms with van der Waals surface area (Å²) in [6.45, 7) is 7.43. The minimum absolute atomic E-state index is 0.627. The predicted octanol–water partition coefficient (Wildman–Crippen LogP) is 3.78. The fourth-order valence-corrected chi connectivity index (χ4v) is 2.85. The third-order valence-corrected chi connectivity index (χ3v) is 3.99. The second-order valence-corrected chi connectivity index (χ2v) is 5.68. The molecule has 2 aromatic rings. The van der Waals surface area contributed by atoms with Crippen LogP contribution in [-0.4, -0.2) is 18.7 Å². The van der Waals surface area contributed by atoms with Gasteiger partial charge in [0.2, 0.25) is 0 Å². The molecule has 2 rings (SSSR count). The number of rotatable bonds is 6. The first-order chi connectivity index (χ1) is 9.63. The van der Waals surface area contributed by atoms with E-state index in [0.29, 0.717) is 6.61 Å². The molecule has 1 heterocycles. The van der Waals surface area contributed by atoms with Crippen LogP contribution in [0.4, 0.5) is 5.69 Å². The lowest BCUT2D eigenvalue weighted by molar-refractivity contribution is 0.311. The summed E-state index contributed by atoms with van der Waals surface area (Å²) in [5.74, 6) is 1.51.